The van der Waals surface area contributed by atoms with Crippen molar-refractivity contribution in [2.24, 2.45) is 0 Å². The first-order valence-corrected chi connectivity index (χ1v) is 4.28. The van der Waals surface area contributed by atoms with Crippen molar-refractivity contribution in [1.82, 2.24) is 10.6 Å². The highest BCUT2D eigenvalue weighted by molar-refractivity contribution is 5.65. The number of hydrogen-bond acceptors (Lipinski definition) is 3. The van der Waals surface area contributed by atoms with Crippen LogP contribution in [0.15, 0.2) is 30.5 Å². The fourth-order valence-corrected chi connectivity index (χ4v) is 1.33. The smallest absolute Gasteiger partial charge is 0.0846 e. The summed E-state index contributed by atoms with van der Waals surface area (Å²) in [5.41, 5.74) is 3.18. The van der Waals surface area contributed by atoms with Crippen LogP contribution in [-0.4, -0.2) is 11.8 Å². The summed E-state index contributed by atoms with van der Waals surface area (Å²) in [6, 6.07) is 7.85. The first-order chi connectivity index (χ1) is 6.40. The van der Waals surface area contributed by atoms with Crippen LogP contribution in [0.25, 0.3) is 5.70 Å². The van der Waals surface area contributed by atoms with E-state index in [0.717, 1.165) is 23.5 Å². The maximum atomic E-state index is 8.85. The molecule has 0 saturated heterocycles. The van der Waals surface area contributed by atoms with Crippen LogP contribution in [0.4, 0.5) is 0 Å². The largest absolute Gasteiger partial charge is 0.392 e. The third-order valence-electron chi connectivity index (χ3n) is 2.07. The SMILES string of the molecule is OCc1ccc(C2=CNCN2)cc1. The van der Waals surface area contributed by atoms with Crippen molar-refractivity contribution in [2.75, 3.05) is 6.67 Å². The Balaban J connectivity index is 2.22. The number of aliphatic hydroxyl groups excluding tert-OH is 1. The van der Waals surface area contributed by atoms with Crippen LogP contribution in [0.1, 0.15) is 11.1 Å². The lowest BCUT2D eigenvalue weighted by molar-refractivity contribution is 0.282. The first-order valence-electron chi connectivity index (χ1n) is 4.28. The Morgan fingerprint density at radius 1 is 1.23 bits per heavy atom. The summed E-state index contributed by atoms with van der Waals surface area (Å²) in [5, 5.41) is 15.1. The van der Waals surface area contributed by atoms with E-state index in [9.17, 15) is 0 Å². The fourth-order valence-electron chi connectivity index (χ4n) is 1.33. The number of rotatable bonds is 2. The van der Waals surface area contributed by atoms with Crippen molar-refractivity contribution in [3.8, 4) is 0 Å². The Hall–Kier alpha value is -1.48. The third-order valence-corrected chi connectivity index (χ3v) is 2.07. The fraction of sp³-hybridized carbons (Fsp3) is 0.200. The predicted octanol–water partition coefficient (Wildman–Crippen LogP) is 0.628. The Morgan fingerprint density at radius 3 is 2.54 bits per heavy atom. The molecule has 1 aromatic rings. The summed E-state index contributed by atoms with van der Waals surface area (Å²) in [5.74, 6) is 0. The monoisotopic (exact) mass is 176 g/mol. The van der Waals surface area contributed by atoms with Gasteiger partial charge in [0.15, 0.2) is 0 Å². The van der Waals surface area contributed by atoms with Gasteiger partial charge in [-0.15, -0.1) is 0 Å². The molecule has 0 atom stereocenters. The van der Waals surface area contributed by atoms with Gasteiger partial charge in [0, 0.05) is 6.20 Å². The molecule has 1 heterocycles. The van der Waals surface area contributed by atoms with E-state index in [4.69, 9.17) is 5.11 Å². The molecule has 0 radical (unpaired) electrons. The van der Waals surface area contributed by atoms with Crippen molar-refractivity contribution < 1.29 is 5.11 Å². The normalized spacial score (nSPS) is 14.7. The molecule has 3 heteroatoms. The lowest BCUT2D eigenvalue weighted by Crippen LogP contribution is -2.13. The van der Waals surface area contributed by atoms with E-state index in [2.05, 4.69) is 10.6 Å². The molecule has 3 nitrogen and oxygen atoms in total. The lowest BCUT2D eigenvalue weighted by Gasteiger charge is -2.03. The van der Waals surface area contributed by atoms with Gasteiger partial charge in [0.05, 0.1) is 19.0 Å². The number of aliphatic hydroxyl groups is 1. The molecule has 1 aromatic carbocycles. The highest BCUT2D eigenvalue weighted by Gasteiger charge is 2.04. The summed E-state index contributed by atoms with van der Waals surface area (Å²) in [6.07, 6.45) is 1.95. The van der Waals surface area contributed by atoms with Crippen LogP contribution in [0, 0.1) is 0 Å². The predicted molar refractivity (Wildman–Crippen MR) is 51.5 cm³/mol. The summed E-state index contributed by atoms with van der Waals surface area (Å²) in [7, 11) is 0. The van der Waals surface area contributed by atoms with E-state index in [-0.39, 0.29) is 6.61 Å². The summed E-state index contributed by atoms with van der Waals surface area (Å²) in [6.45, 7) is 0.891. The van der Waals surface area contributed by atoms with E-state index >= 15 is 0 Å². The van der Waals surface area contributed by atoms with E-state index < -0.39 is 0 Å². The van der Waals surface area contributed by atoms with Crippen molar-refractivity contribution in [3.63, 3.8) is 0 Å². The Bertz CT molecular complexity index is 316. The second-order valence-corrected chi connectivity index (χ2v) is 2.97. The molecule has 0 fully saturated rings. The van der Waals surface area contributed by atoms with E-state index in [1.54, 1.807) is 0 Å². The van der Waals surface area contributed by atoms with Gasteiger partial charge >= 0.3 is 0 Å². The van der Waals surface area contributed by atoms with Gasteiger partial charge < -0.3 is 15.7 Å². The van der Waals surface area contributed by atoms with Gasteiger partial charge in [-0.2, -0.15) is 0 Å². The molecule has 0 amide bonds. The van der Waals surface area contributed by atoms with Crippen molar-refractivity contribution >= 4 is 5.70 Å². The third kappa shape index (κ3) is 1.65. The van der Waals surface area contributed by atoms with E-state index in [0.29, 0.717) is 0 Å². The molecule has 1 aliphatic rings. The Kier molecular flexibility index (Phi) is 2.19. The van der Waals surface area contributed by atoms with Crippen molar-refractivity contribution in [3.05, 3.63) is 41.6 Å². The van der Waals surface area contributed by atoms with Gasteiger partial charge in [0.1, 0.15) is 0 Å². The van der Waals surface area contributed by atoms with Crippen LogP contribution in [0.3, 0.4) is 0 Å². The topological polar surface area (TPSA) is 44.3 Å². The summed E-state index contributed by atoms with van der Waals surface area (Å²) >= 11 is 0. The Morgan fingerprint density at radius 2 is 2.00 bits per heavy atom. The second-order valence-electron chi connectivity index (χ2n) is 2.97. The summed E-state index contributed by atoms with van der Waals surface area (Å²) < 4.78 is 0. The molecule has 68 valence electrons. The molecule has 0 unspecified atom stereocenters. The molecule has 13 heavy (non-hydrogen) atoms. The standard InChI is InChI=1S/C10H12N2O/c13-6-8-1-3-9(4-2-8)10-5-11-7-12-10/h1-5,11-13H,6-7H2. The minimum absolute atomic E-state index is 0.102. The number of hydrogen-bond donors (Lipinski definition) is 3. The molecule has 0 saturated carbocycles. The lowest BCUT2D eigenvalue weighted by atomic mass is 10.1. The van der Waals surface area contributed by atoms with Crippen LogP contribution in [0.5, 0.6) is 0 Å². The molecule has 0 aliphatic carbocycles. The molecule has 1 aliphatic heterocycles. The molecule has 3 N–H and O–H groups in total. The molecule has 0 spiro atoms. The maximum absolute atomic E-state index is 8.85. The van der Waals surface area contributed by atoms with Gasteiger partial charge in [-0.05, 0) is 11.1 Å². The second kappa shape index (κ2) is 3.49. The van der Waals surface area contributed by atoms with Crippen LogP contribution >= 0.6 is 0 Å². The minimum Gasteiger partial charge on any atom is -0.392 e. The first kappa shape index (κ1) is 8.13. The Labute approximate surface area is 77.1 Å². The van der Waals surface area contributed by atoms with Gasteiger partial charge in [-0.3, -0.25) is 0 Å². The van der Waals surface area contributed by atoms with Crippen LogP contribution in [-0.2, 0) is 6.61 Å². The highest BCUT2D eigenvalue weighted by Crippen LogP contribution is 2.13. The average molecular weight is 176 g/mol. The van der Waals surface area contributed by atoms with Gasteiger partial charge in [0.25, 0.3) is 0 Å². The quantitative estimate of drug-likeness (QED) is 0.619. The van der Waals surface area contributed by atoms with Crippen molar-refractivity contribution in [1.29, 1.82) is 0 Å². The van der Waals surface area contributed by atoms with E-state index in [1.165, 1.54) is 0 Å². The van der Waals surface area contributed by atoms with Gasteiger partial charge in [-0.1, -0.05) is 24.3 Å². The van der Waals surface area contributed by atoms with Gasteiger partial charge in [0.2, 0.25) is 0 Å². The zero-order valence-corrected chi connectivity index (χ0v) is 7.25. The minimum atomic E-state index is 0.102. The number of benzene rings is 1. The van der Waals surface area contributed by atoms with E-state index in [1.807, 2.05) is 30.5 Å². The molecule has 0 bridgehead atoms. The molecular formula is C10H12N2O. The summed E-state index contributed by atoms with van der Waals surface area (Å²) in [4.78, 5) is 0. The molecule has 2 rings (SSSR count). The highest BCUT2D eigenvalue weighted by atomic mass is 16.3. The zero-order valence-electron chi connectivity index (χ0n) is 7.25. The van der Waals surface area contributed by atoms with Crippen LogP contribution in [0.2, 0.25) is 0 Å². The van der Waals surface area contributed by atoms with Gasteiger partial charge in [-0.25, -0.2) is 0 Å². The molecule has 0 aromatic heterocycles. The zero-order chi connectivity index (χ0) is 9.10. The number of nitrogens with one attached hydrogen (secondary N) is 2. The maximum Gasteiger partial charge on any atom is 0.0846 e. The van der Waals surface area contributed by atoms with Crippen LogP contribution < -0.4 is 10.6 Å². The molecular weight excluding hydrogens is 164 g/mol. The average Bonchev–Trinajstić information content (AvgIpc) is 2.71. The van der Waals surface area contributed by atoms with Crippen molar-refractivity contribution in [2.45, 2.75) is 6.61 Å².